The zero-order valence-electron chi connectivity index (χ0n) is 12.3. The van der Waals surface area contributed by atoms with Crippen molar-refractivity contribution in [3.63, 3.8) is 0 Å². The van der Waals surface area contributed by atoms with E-state index in [1.807, 2.05) is 0 Å². The molecule has 1 N–H and O–H groups in total. The predicted octanol–water partition coefficient (Wildman–Crippen LogP) is 1.73. The smallest absolute Gasteiger partial charge is 0.254 e. The Labute approximate surface area is 124 Å². The molecule has 1 aromatic rings. The van der Waals surface area contributed by atoms with Crippen molar-refractivity contribution in [2.24, 2.45) is 0 Å². The first kappa shape index (κ1) is 14.5. The molecule has 5 heteroatoms. The van der Waals surface area contributed by atoms with Crippen LogP contribution in [0.5, 0.6) is 0 Å². The zero-order valence-corrected chi connectivity index (χ0v) is 12.3. The molecule has 0 bridgehead atoms. The van der Waals surface area contributed by atoms with Gasteiger partial charge in [0.1, 0.15) is 5.82 Å². The minimum atomic E-state index is -0.475. The standard InChI is InChI=1S/C16H21FN2O2/c1-11-4-5-14(15(17)7-11)16(20)18-8-13-9-19-6-2-3-12(19)10-21-13/h4-5,7,12-13H,2-3,6,8-10H2,1H3,(H,18,20). The van der Waals surface area contributed by atoms with Crippen molar-refractivity contribution in [2.75, 3.05) is 26.2 Å². The normalized spacial score (nSPS) is 25.6. The van der Waals surface area contributed by atoms with Gasteiger partial charge in [0.15, 0.2) is 0 Å². The minimum absolute atomic E-state index is 0.00295. The van der Waals surface area contributed by atoms with Crippen molar-refractivity contribution < 1.29 is 13.9 Å². The summed E-state index contributed by atoms with van der Waals surface area (Å²) in [6.45, 7) is 4.92. The number of nitrogens with zero attached hydrogens (tertiary/aromatic N) is 1. The first-order chi connectivity index (χ1) is 10.1. The number of carbonyl (C=O) groups excluding carboxylic acids is 1. The third kappa shape index (κ3) is 3.24. The van der Waals surface area contributed by atoms with Crippen molar-refractivity contribution in [3.05, 3.63) is 35.1 Å². The van der Waals surface area contributed by atoms with Crippen LogP contribution in [0.3, 0.4) is 0 Å². The second-order valence-corrected chi connectivity index (χ2v) is 5.94. The van der Waals surface area contributed by atoms with E-state index in [-0.39, 0.29) is 17.6 Å². The van der Waals surface area contributed by atoms with Gasteiger partial charge in [0.05, 0.1) is 18.3 Å². The van der Waals surface area contributed by atoms with Gasteiger partial charge >= 0.3 is 0 Å². The lowest BCUT2D eigenvalue weighted by Crippen LogP contribution is -2.50. The molecular weight excluding hydrogens is 271 g/mol. The number of hydrogen-bond donors (Lipinski definition) is 1. The van der Waals surface area contributed by atoms with Crippen LogP contribution in [0.15, 0.2) is 18.2 Å². The Morgan fingerprint density at radius 3 is 3.19 bits per heavy atom. The number of rotatable bonds is 3. The third-order valence-electron chi connectivity index (χ3n) is 4.32. The van der Waals surface area contributed by atoms with E-state index in [2.05, 4.69) is 10.2 Å². The molecule has 1 aromatic carbocycles. The Kier molecular flexibility index (Phi) is 4.22. The molecule has 2 atom stereocenters. The summed E-state index contributed by atoms with van der Waals surface area (Å²) in [6.07, 6.45) is 2.42. The largest absolute Gasteiger partial charge is 0.373 e. The van der Waals surface area contributed by atoms with Crippen LogP contribution in [0.25, 0.3) is 0 Å². The second-order valence-electron chi connectivity index (χ2n) is 5.94. The highest BCUT2D eigenvalue weighted by Crippen LogP contribution is 2.22. The second kappa shape index (κ2) is 6.12. The molecule has 0 aliphatic carbocycles. The highest BCUT2D eigenvalue weighted by molar-refractivity contribution is 5.94. The van der Waals surface area contributed by atoms with Gasteiger partial charge in [-0.1, -0.05) is 6.07 Å². The maximum Gasteiger partial charge on any atom is 0.254 e. The lowest BCUT2D eigenvalue weighted by atomic mass is 10.1. The Morgan fingerprint density at radius 2 is 2.38 bits per heavy atom. The number of benzene rings is 1. The Bertz CT molecular complexity index is 535. The number of amides is 1. The van der Waals surface area contributed by atoms with Gasteiger partial charge in [0.2, 0.25) is 0 Å². The summed E-state index contributed by atoms with van der Waals surface area (Å²) in [5.41, 5.74) is 0.898. The molecule has 2 heterocycles. The highest BCUT2D eigenvalue weighted by atomic mass is 19.1. The molecule has 2 aliphatic heterocycles. The Hall–Kier alpha value is -1.46. The molecule has 2 fully saturated rings. The van der Waals surface area contributed by atoms with Crippen molar-refractivity contribution in [2.45, 2.75) is 31.9 Å². The van der Waals surface area contributed by atoms with Gasteiger partial charge in [-0.3, -0.25) is 9.69 Å². The number of fused-ring (bicyclic) bond motifs is 1. The molecule has 0 radical (unpaired) electrons. The highest BCUT2D eigenvalue weighted by Gasteiger charge is 2.32. The average Bonchev–Trinajstić information content (AvgIpc) is 2.92. The molecule has 0 saturated carbocycles. The van der Waals surface area contributed by atoms with Gasteiger partial charge in [-0.25, -0.2) is 4.39 Å². The van der Waals surface area contributed by atoms with Gasteiger partial charge in [0, 0.05) is 19.1 Å². The van der Waals surface area contributed by atoms with Gasteiger partial charge in [-0.2, -0.15) is 0 Å². The maximum absolute atomic E-state index is 13.7. The third-order valence-corrected chi connectivity index (χ3v) is 4.32. The van der Waals surface area contributed by atoms with Crippen LogP contribution < -0.4 is 5.32 Å². The molecule has 2 saturated heterocycles. The van der Waals surface area contributed by atoms with Crippen LogP contribution in [0.4, 0.5) is 4.39 Å². The van der Waals surface area contributed by atoms with Crippen LogP contribution in [0.2, 0.25) is 0 Å². The summed E-state index contributed by atoms with van der Waals surface area (Å²) in [5.74, 6) is -0.851. The van der Waals surface area contributed by atoms with Crippen LogP contribution in [0, 0.1) is 12.7 Å². The number of nitrogens with one attached hydrogen (secondary N) is 1. The van der Waals surface area contributed by atoms with Crippen LogP contribution >= 0.6 is 0 Å². The number of carbonyl (C=O) groups is 1. The van der Waals surface area contributed by atoms with Gasteiger partial charge in [0.25, 0.3) is 5.91 Å². The SMILES string of the molecule is Cc1ccc(C(=O)NCC2CN3CCCC3CO2)c(F)c1. The van der Waals surface area contributed by atoms with E-state index in [4.69, 9.17) is 4.74 Å². The molecule has 4 nitrogen and oxygen atoms in total. The number of ether oxygens (including phenoxy) is 1. The number of hydrogen-bond acceptors (Lipinski definition) is 3. The summed E-state index contributed by atoms with van der Waals surface area (Å²) >= 11 is 0. The summed E-state index contributed by atoms with van der Waals surface area (Å²) in [4.78, 5) is 14.5. The van der Waals surface area contributed by atoms with Crippen molar-refractivity contribution in [1.82, 2.24) is 10.2 Å². The Morgan fingerprint density at radius 1 is 1.52 bits per heavy atom. The van der Waals surface area contributed by atoms with E-state index < -0.39 is 5.82 Å². The molecule has 0 spiro atoms. The van der Waals surface area contributed by atoms with E-state index in [1.165, 1.54) is 25.0 Å². The molecule has 3 rings (SSSR count). The van der Waals surface area contributed by atoms with Gasteiger partial charge in [-0.05, 0) is 44.0 Å². The Balaban J connectivity index is 1.54. The fourth-order valence-electron chi connectivity index (χ4n) is 3.12. The summed E-state index contributed by atoms with van der Waals surface area (Å²) in [5, 5.41) is 2.78. The van der Waals surface area contributed by atoms with Crippen LogP contribution in [-0.2, 0) is 4.74 Å². The quantitative estimate of drug-likeness (QED) is 0.922. The van der Waals surface area contributed by atoms with E-state index in [1.54, 1.807) is 13.0 Å². The van der Waals surface area contributed by atoms with E-state index in [0.29, 0.717) is 12.6 Å². The lowest BCUT2D eigenvalue weighted by molar-refractivity contribution is -0.0462. The predicted molar refractivity (Wildman–Crippen MR) is 77.8 cm³/mol. The summed E-state index contributed by atoms with van der Waals surface area (Å²) in [6, 6.07) is 5.19. The van der Waals surface area contributed by atoms with E-state index >= 15 is 0 Å². The molecule has 21 heavy (non-hydrogen) atoms. The average molecular weight is 292 g/mol. The minimum Gasteiger partial charge on any atom is -0.373 e. The number of halogens is 1. The van der Waals surface area contributed by atoms with Crippen molar-refractivity contribution in [1.29, 1.82) is 0 Å². The monoisotopic (exact) mass is 292 g/mol. The van der Waals surface area contributed by atoms with Crippen LogP contribution in [-0.4, -0.2) is 49.2 Å². The maximum atomic E-state index is 13.7. The fraction of sp³-hybridized carbons (Fsp3) is 0.562. The van der Waals surface area contributed by atoms with E-state index in [0.717, 1.165) is 25.3 Å². The molecule has 2 unspecified atom stereocenters. The van der Waals surface area contributed by atoms with E-state index in [9.17, 15) is 9.18 Å². The zero-order chi connectivity index (χ0) is 14.8. The first-order valence-electron chi connectivity index (χ1n) is 7.53. The summed E-state index contributed by atoms with van der Waals surface area (Å²) in [7, 11) is 0. The molecule has 1 amide bonds. The molecule has 114 valence electrons. The lowest BCUT2D eigenvalue weighted by Gasteiger charge is -2.35. The van der Waals surface area contributed by atoms with Gasteiger partial charge < -0.3 is 10.1 Å². The summed E-state index contributed by atoms with van der Waals surface area (Å²) < 4.78 is 19.5. The van der Waals surface area contributed by atoms with Crippen molar-refractivity contribution in [3.8, 4) is 0 Å². The number of morpholine rings is 1. The van der Waals surface area contributed by atoms with Crippen molar-refractivity contribution >= 4 is 5.91 Å². The molecule has 2 aliphatic rings. The topological polar surface area (TPSA) is 41.6 Å². The van der Waals surface area contributed by atoms with Crippen LogP contribution in [0.1, 0.15) is 28.8 Å². The molecular formula is C16H21FN2O2. The van der Waals surface area contributed by atoms with Gasteiger partial charge in [-0.15, -0.1) is 0 Å². The fourth-order valence-corrected chi connectivity index (χ4v) is 3.12. The molecule has 0 aromatic heterocycles. The number of aryl methyl sites for hydroxylation is 1. The first-order valence-corrected chi connectivity index (χ1v) is 7.53.